The van der Waals surface area contributed by atoms with Crippen LogP contribution in [-0.2, 0) is 4.74 Å². The highest BCUT2D eigenvalue weighted by atomic mass is 16.6. The van der Waals surface area contributed by atoms with Crippen LogP contribution in [0.15, 0.2) is 0 Å². The number of hydrogen-bond donors (Lipinski definition) is 2. The molecule has 2 N–H and O–H groups in total. The van der Waals surface area contributed by atoms with Crippen LogP contribution in [0.5, 0.6) is 0 Å². The van der Waals surface area contributed by atoms with Crippen molar-refractivity contribution in [2.24, 2.45) is 17.8 Å². The van der Waals surface area contributed by atoms with E-state index in [-0.39, 0.29) is 12.1 Å². The Labute approximate surface area is 97.1 Å². The Balaban J connectivity index is 1.76. The lowest BCUT2D eigenvalue weighted by atomic mass is 10.1. The number of rotatable bonds is 2. The minimum Gasteiger partial charge on any atom is -0.444 e. The van der Waals surface area contributed by atoms with Crippen LogP contribution in [0.25, 0.3) is 0 Å². The van der Waals surface area contributed by atoms with Crippen LogP contribution in [0, 0.1) is 17.8 Å². The fourth-order valence-electron chi connectivity index (χ4n) is 2.80. The number of alkyl carbamates (subject to hydrolysis) is 1. The molecule has 0 aromatic carbocycles. The maximum atomic E-state index is 11.6. The molecule has 1 aliphatic heterocycles. The van der Waals surface area contributed by atoms with E-state index in [4.69, 9.17) is 4.74 Å². The van der Waals surface area contributed by atoms with E-state index in [2.05, 4.69) is 17.6 Å². The Bertz CT molecular complexity index is 275. The smallest absolute Gasteiger partial charge is 0.407 e. The molecule has 3 atom stereocenters. The van der Waals surface area contributed by atoms with Gasteiger partial charge < -0.3 is 15.4 Å². The molecule has 0 aromatic rings. The summed E-state index contributed by atoms with van der Waals surface area (Å²) in [5.41, 5.74) is -0.412. The van der Waals surface area contributed by atoms with Gasteiger partial charge in [-0.3, -0.25) is 0 Å². The summed E-state index contributed by atoms with van der Waals surface area (Å²) in [6.45, 7) is 9.94. The first kappa shape index (κ1) is 11.7. The Morgan fingerprint density at radius 3 is 2.44 bits per heavy atom. The van der Waals surface area contributed by atoms with Crippen molar-refractivity contribution in [3.05, 3.63) is 0 Å². The number of amides is 1. The first-order chi connectivity index (χ1) is 7.38. The molecule has 1 saturated carbocycles. The average molecular weight is 226 g/mol. The van der Waals surface area contributed by atoms with Crippen LogP contribution in [-0.4, -0.2) is 30.8 Å². The molecule has 2 rings (SSSR count). The topological polar surface area (TPSA) is 50.4 Å². The fourth-order valence-corrected chi connectivity index (χ4v) is 2.80. The normalized spacial score (nSPS) is 34.1. The minimum atomic E-state index is -0.412. The van der Waals surface area contributed by atoms with Crippen LogP contribution >= 0.6 is 0 Å². The van der Waals surface area contributed by atoms with E-state index in [1.807, 2.05) is 20.8 Å². The van der Waals surface area contributed by atoms with Crippen molar-refractivity contribution < 1.29 is 9.53 Å². The second-order valence-corrected chi connectivity index (χ2v) is 6.00. The molecule has 1 aliphatic carbocycles. The molecular formula is C12H22N2O2. The SMILES string of the molecule is CC(NC(=O)OC(C)(C)C)C1C2CNCC21. The summed E-state index contributed by atoms with van der Waals surface area (Å²) < 4.78 is 5.24. The number of ether oxygens (including phenoxy) is 1. The van der Waals surface area contributed by atoms with Gasteiger partial charge in [-0.1, -0.05) is 0 Å². The number of nitrogens with one attached hydrogen (secondary N) is 2. The molecule has 0 aromatic heterocycles. The molecule has 0 bridgehead atoms. The molecular weight excluding hydrogens is 204 g/mol. The quantitative estimate of drug-likeness (QED) is 0.747. The number of piperidine rings is 1. The summed E-state index contributed by atoms with van der Waals surface area (Å²) in [5, 5.41) is 6.29. The van der Waals surface area contributed by atoms with Crippen molar-refractivity contribution in [3.8, 4) is 0 Å². The van der Waals surface area contributed by atoms with Gasteiger partial charge in [0.25, 0.3) is 0 Å². The molecule has 4 nitrogen and oxygen atoms in total. The van der Waals surface area contributed by atoms with Gasteiger partial charge in [0.1, 0.15) is 5.60 Å². The molecule has 0 spiro atoms. The van der Waals surface area contributed by atoms with Crippen LogP contribution < -0.4 is 10.6 Å². The molecule has 0 radical (unpaired) electrons. The van der Waals surface area contributed by atoms with Crippen LogP contribution in [0.1, 0.15) is 27.7 Å². The van der Waals surface area contributed by atoms with Crippen molar-refractivity contribution in [3.63, 3.8) is 0 Å². The van der Waals surface area contributed by atoms with Crippen molar-refractivity contribution in [1.29, 1.82) is 0 Å². The highest BCUT2D eigenvalue weighted by Crippen LogP contribution is 2.50. The molecule has 16 heavy (non-hydrogen) atoms. The Morgan fingerprint density at radius 1 is 1.38 bits per heavy atom. The molecule has 1 saturated heterocycles. The second kappa shape index (κ2) is 3.91. The summed E-state index contributed by atoms with van der Waals surface area (Å²) in [5.74, 6) is 2.18. The van der Waals surface area contributed by atoms with E-state index in [9.17, 15) is 4.79 Å². The summed E-state index contributed by atoms with van der Waals surface area (Å²) >= 11 is 0. The maximum absolute atomic E-state index is 11.6. The lowest BCUT2D eigenvalue weighted by Crippen LogP contribution is -2.40. The molecule has 3 unspecified atom stereocenters. The minimum absolute atomic E-state index is 0.229. The highest BCUT2D eigenvalue weighted by Gasteiger charge is 2.55. The van der Waals surface area contributed by atoms with Gasteiger partial charge in [0.05, 0.1) is 0 Å². The second-order valence-electron chi connectivity index (χ2n) is 6.00. The average Bonchev–Trinajstić information content (AvgIpc) is 2.58. The number of fused-ring (bicyclic) bond motifs is 1. The van der Waals surface area contributed by atoms with E-state index in [0.29, 0.717) is 5.92 Å². The fraction of sp³-hybridized carbons (Fsp3) is 0.917. The molecule has 92 valence electrons. The van der Waals surface area contributed by atoms with Crippen molar-refractivity contribution in [2.45, 2.75) is 39.3 Å². The maximum Gasteiger partial charge on any atom is 0.407 e. The van der Waals surface area contributed by atoms with Gasteiger partial charge >= 0.3 is 6.09 Å². The van der Waals surface area contributed by atoms with Gasteiger partial charge in [-0.15, -0.1) is 0 Å². The van der Waals surface area contributed by atoms with Crippen molar-refractivity contribution >= 4 is 6.09 Å². The Morgan fingerprint density at radius 2 is 1.94 bits per heavy atom. The largest absolute Gasteiger partial charge is 0.444 e. The van der Waals surface area contributed by atoms with Crippen LogP contribution in [0.3, 0.4) is 0 Å². The molecule has 2 aliphatic rings. The van der Waals surface area contributed by atoms with Crippen LogP contribution in [0.4, 0.5) is 4.79 Å². The molecule has 1 heterocycles. The lowest BCUT2D eigenvalue weighted by Gasteiger charge is -2.22. The Kier molecular flexibility index (Phi) is 2.86. The van der Waals surface area contributed by atoms with Crippen molar-refractivity contribution in [1.82, 2.24) is 10.6 Å². The monoisotopic (exact) mass is 226 g/mol. The summed E-state index contributed by atoms with van der Waals surface area (Å²) in [4.78, 5) is 11.6. The van der Waals surface area contributed by atoms with Gasteiger partial charge in [0.2, 0.25) is 0 Å². The molecule has 4 heteroatoms. The molecule has 2 fully saturated rings. The van der Waals surface area contributed by atoms with E-state index in [1.54, 1.807) is 0 Å². The van der Waals surface area contributed by atoms with Crippen LogP contribution in [0.2, 0.25) is 0 Å². The highest BCUT2D eigenvalue weighted by molar-refractivity contribution is 5.68. The zero-order valence-corrected chi connectivity index (χ0v) is 10.5. The third-order valence-electron chi connectivity index (χ3n) is 3.48. The van der Waals surface area contributed by atoms with E-state index < -0.39 is 5.60 Å². The van der Waals surface area contributed by atoms with E-state index >= 15 is 0 Å². The molecule has 1 amide bonds. The van der Waals surface area contributed by atoms with E-state index in [0.717, 1.165) is 24.9 Å². The zero-order valence-electron chi connectivity index (χ0n) is 10.5. The number of carbonyl (C=O) groups is 1. The van der Waals surface area contributed by atoms with E-state index in [1.165, 1.54) is 0 Å². The predicted molar refractivity (Wildman–Crippen MR) is 62.2 cm³/mol. The van der Waals surface area contributed by atoms with Crippen molar-refractivity contribution in [2.75, 3.05) is 13.1 Å². The van der Waals surface area contributed by atoms with Gasteiger partial charge in [-0.2, -0.15) is 0 Å². The van der Waals surface area contributed by atoms with Gasteiger partial charge in [-0.05, 0) is 58.5 Å². The standard InChI is InChI=1S/C12H22N2O2/c1-7(10-8-5-13-6-9(8)10)14-11(15)16-12(2,3)4/h7-10,13H,5-6H2,1-4H3,(H,14,15). The first-order valence-corrected chi connectivity index (χ1v) is 6.09. The number of hydrogen-bond acceptors (Lipinski definition) is 3. The predicted octanol–water partition coefficient (Wildman–Crippen LogP) is 1.36. The van der Waals surface area contributed by atoms with Gasteiger partial charge in [0, 0.05) is 6.04 Å². The number of carbonyl (C=O) groups excluding carboxylic acids is 1. The summed E-state index contributed by atoms with van der Waals surface area (Å²) in [7, 11) is 0. The van der Waals surface area contributed by atoms with Gasteiger partial charge in [-0.25, -0.2) is 4.79 Å². The third kappa shape index (κ3) is 2.48. The summed E-state index contributed by atoms with van der Waals surface area (Å²) in [6.07, 6.45) is -0.294. The van der Waals surface area contributed by atoms with Gasteiger partial charge in [0.15, 0.2) is 0 Å². The first-order valence-electron chi connectivity index (χ1n) is 6.09. The third-order valence-corrected chi connectivity index (χ3v) is 3.48. The Hall–Kier alpha value is -0.770. The summed E-state index contributed by atoms with van der Waals surface area (Å²) in [6, 6.07) is 0.229. The lowest BCUT2D eigenvalue weighted by molar-refractivity contribution is 0.0500. The zero-order chi connectivity index (χ0) is 11.9.